The maximum Gasteiger partial charge on any atom is 0.253 e. The van der Waals surface area contributed by atoms with Crippen molar-refractivity contribution in [2.75, 3.05) is 31.1 Å². The van der Waals surface area contributed by atoms with Crippen LogP contribution in [0.15, 0.2) is 42.6 Å². The molecule has 0 radical (unpaired) electrons. The first kappa shape index (κ1) is 22.2. The summed E-state index contributed by atoms with van der Waals surface area (Å²) in [7, 11) is 0. The lowest BCUT2D eigenvalue weighted by molar-refractivity contribution is -0.126. The van der Waals surface area contributed by atoms with Crippen LogP contribution in [0.3, 0.4) is 0 Å². The van der Waals surface area contributed by atoms with Crippen molar-refractivity contribution < 1.29 is 14.0 Å². The van der Waals surface area contributed by atoms with Crippen molar-refractivity contribution in [3.05, 3.63) is 59.5 Å². The first-order chi connectivity index (χ1) is 15.6. The molecule has 0 aliphatic carbocycles. The van der Waals surface area contributed by atoms with Gasteiger partial charge in [-0.15, -0.1) is 0 Å². The van der Waals surface area contributed by atoms with Crippen molar-refractivity contribution >= 4 is 17.6 Å². The third kappa shape index (κ3) is 5.64. The van der Waals surface area contributed by atoms with Crippen LogP contribution in [0, 0.1) is 11.7 Å². The van der Waals surface area contributed by atoms with Crippen LogP contribution in [-0.4, -0.2) is 47.9 Å². The van der Waals surface area contributed by atoms with Crippen molar-refractivity contribution in [1.29, 1.82) is 0 Å². The summed E-state index contributed by atoms with van der Waals surface area (Å²) in [4.78, 5) is 34.1. The van der Waals surface area contributed by atoms with E-state index in [4.69, 9.17) is 0 Å². The van der Waals surface area contributed by atoms with Gasteiger partial charge in [-0.2, -0.15) is 0 Å². The fourth-order valence-corrected chi connectivity index (χ4v) is 4.49. The van der Waals surface area contributed by atoms with E-state index >= 15 is 0 Å². The summed E-state index contributed by atoms with van der Waals surface area (Å²) in [5.74, 6) is 0.196. The lowest BCUT2D eigenvalue weighted by Crippen LogP contribution is -2.45. The topological polar surface area (TPSA) is 65.5 Å². The van der Waals surface area contributed by atoms with Crippen molar-refractivity contribution in [3.63, 3.8) is 0 Å². The maximum atomic E-state index is 13.1. The highest BCUT2D eigenvalue weighted by molar-refractivity contribution is 5.94. The predicted octanol–water partition coefficient (Wildman–Crippen LogP) is 3.77. The van der Waals surface area contributed by atoms with Gasteiger partial charge in [-0.05, 0) is 61.6 Å². The summed E-state index contributed by atoms with van der Waals surface area (Å²) in [5, 5.41) is 3.00. The van der Waals surface area contributed by atoms with Crippen LogP contribution >= 0.6 is 0 Å². The first-order valence-electron chi connectivity index (χ1n) is 11.6. The van der Waals surface area contributed by atoms with Gasteiger partial charge in [0.25, 0.3) is 5.91 Å². The molecule has 4 rings (SSSR count). The Bertz CT molecular complexity index is 909. The number of hydrogen-bond donors (Lipinski definition) is 1. The van der Waals surface area contributed by atoms with E-state index in [1.807, 2.05) is 18.3 Å². The highest BCUT2D eigenvalue weighted by Crippen LogP contribution is 2.20. The number of hydrogen-bond acceptors (Lipinski definition) is 4. The van der Waals surface area contributed by atoms with E-state index in [0.717, 1.165) is 37.3 Å². The van der Waals surface area contributed by atoms with Gasteiger partial charge in [0.2, 0.25) is 5.91 Å². The van der Waals surface area contributed by atoms with Crippen LogP contribution < -0.4 is 10.2 Å². The Morgan fingerprint density at radius 1 is 0.969 bits per heavy atom. The van der Waals surface area contributed by atoms with Crippen LogP contribution in [0.2, 0.25) is 0 Å². The Kier molecular flexibility index (Phi) is 7.35. The van der Waals surface area contributed by atoms with Gasteiger partial charge in [0.15, 0.2) is 0 Å². The van der Waals surface area contributed by atoms with E-state index < -0.39 is 0 Å². The van der Waals surface area contributed by atoms with Gasteiger partial charge in [0.05, 0.1) is 5.92 Å². The summed E-state index contributed by atoms with van der Waals surface area (Å²) >= 11 is 0. The first-order valence-corrected chi connectivity index (χ1v) is 11.6. The third-order valence-corrected chi connectivity index (χ3v) is 6.38. The number of amides is 2. The molecule has 2 saturated heterocycles. The Labute approximate surface area is 188 Å². The number of benzene rings is 1. The van der Waals surface area contributed by atoms with Crippen molar-refractivity contribution in [2.24, 2.45) is 5.92 Å². The molecule has 1 aromatic carbocycles. The summed E-state index contributed by atoms with van der Waals surface area (Å²) in [6, 6.07) is 9.61. The molecule has 2 fully saturated rings. The highest BCUT2D eigenvalue weighted by Gasteiger charge is 2.28. The fraction of sp³-hybridized carbons (Fsp3) is 0.480. The van der Waals surface area contributed by atoms with Crippen molar-refractivity contribution in [2.45, 2.75) is 45.1 Å². The summed E-state index contributed by atoms with van der Waals surface area (Å²) < 4.78 is 13.1. The molecule has 1 N–H and O–H groups in total. The second kappa shape index (κ2) is 10.6. The molecule has 0 bridgehead atoms. The van der Waals surface area contributed by atoms with E-state index in [-0.39, 0.29) is 23.5 Å². The number of halogens is 1. The van der Waals surface area contributed by atoms with Gasteiger partial charge in [-0.25, -0.2) is 9.37 Å². The van der Waals surface area contributed by atoms with Crippen LogP contribution in [0.4, 0.5) is 10.2 Å². The number of pyridine rings is 1. The molecule has 6 nitrogen and oxygen atoms in total. The van der Waals surface area contributed by atoms with Gasteiger partial charge in [0, 0.05) is 44.5 Å². The molecule has 0 spiro atoms. The van der Waals surface area contributed by atoms with Crippen LogP contribution in [0.5, 0.6) is 0 Å². The number of rotatable bonds is 5. The molecule has 1 atom stereocenters. The molecule has 2 amide bonds. The zero-order valence-electron chi connectivity index (χ0n) is 18.4. The van der Waals surface area contributed by atoms with Gasteiger partial charge >= 0.3 is 0 Å². The number of piperidine rings is 1. The van der Waals surface area contributed by atoms with Gasteiger partial charge < -0.3 is 15.1 Å². The lowest BCUT2D eigenvalue weighted by Gasteiger charge is -2.32. The minimum Gasteiger partial charge on any atom is -0.357 e. The van der Waals surface area contributed by atoms with E-state index in [1.54, 1.807) is 4.90 Å². The molecule has 7 heteroatoms. The van der Waals surface area contributed by atoms with Crippen molar-refractivity contribution in [3.8, 4) is 0 Å². The van der Waals surface area contributed by atoms with Crippen molar-refractivity contribution in [1.82, 2.24) is 15.2 Å². The summed E-state index contributed by atoms with van der Waals surface area (Å²) in [5.41, 5.74) is 1.41. The number of anilines is 1. The van der Waals surface area contributed by atoms with E-state index in [1.165, 1.54) is 49.9 Å². The van der Waals surface area contributed by atoms with E-state index in [9.17, 15) is 14.0 Å². The van der Waals surface area contributed by atoms with Crippen LogP contribution in [-0.2, 0) is 11.3 Å². The highest BCUT2D eigenvalue weighted by atomic mass is 19.1. The number of likely N-dealkylation sites (tertiary alicyclic amines) is 1. The van der Waals surface area contributed by atoms with Crippen LogP contribution in [0.25, 0.3) is 0 Å². The second-order valence-corrected chi connectivity index (χ2v) is 8.74. The molecular formula is C25H31FN4O2. The molecule has 3 heterocycles. The number of aromatic nitrogens is 1. The average molecular weight is 439 g/mol. The SMILES string of the molecule is O=C(NCc1ccc(N2CCCCCC2)nc1)[C@H]1CCCN(C(=O)c2ccc(F)cc2)C1. The molecule has 1 aromatic heterocycles. The number of carbonyl (C=O) groups excluding carboxylic acids is 2. The van der Waals surface area contributed by atoms with Crippen LogP contribution in [0.1, 0.15) is 54.4 Å². The van der Waals surface area contributed by atoms with Gasteiger partial charge in [-0.3, -0.25) is 9.59 Å². The number of nitrogens with zero attached hydrogens (tertiary/aromatic N) is 3. The Morgan fingerprint density at radius 2 is 1.72 bits per heavy atom. The van der Waals surface area contributed by atoms with E-state index in [0.29, 0.717) is 25.2 Å². The largest absolute Gasteiger partial charge is 0.357 e. The molecule has 0 saturated carbocycles. The quantitative estimate of drug-likeness (QED) is 0.772. The maximum absolute atomic E-state index is 13.1. The Balaban J connectivity index is 1.28. The smallest absolute Gasteiger partial charge is 0.253 e. The molecule has 32 heavy (non-hydrogen) atoms. The molecule has 0 unspecified atom stereocenters. The molecule has 2 aliphatic heterocycles. The standard InChI is InChI=1S/C25H31FN4O2/c26-22-10-8-20(9-11-22)25(32)30-15-5-6-21(18-30)24(31)28-17-19-7-12-23(27-16-19)29-13-3-1-2-4-14-29/h7-12,16,21H,1-6,13-15,17-18H2,(H,28,31)/t21-/m0/s1. The fourth-order valence-electron chi connectivity index (χ4n) is 4.49. The Morgan fingerprint density at radius 3 is 2.41 bits per heavy atom. The molecule has 2 aromatic rings. The van der Waals surface area contributed by atoms with Gasteiger partial charge in [0.1, 0.15) is 11.6 Å². The number of carbonyl (C=O) groups is 2. The summed E-state index contributed by atoms with van der Waals surface area (Å²) in [6.07, 6.45) is 8.36. The average Bonchev–Trinajstić information content (AvgIpc) is 3.13. The predicted molar refractivity (Wildman–Crippen MR) is 122 cm³/mol. The summed E-state index contributed by atoms with van der Waals surface area (Å²) in [6.45, 7) is 3.53. The van der Waals surface area contributed by atoms with E-state index in [2.05, 4.69) is 15.2 Å². The minimum atomic E-state index is -0.369. The zero-order chi connectivity index (χ0) is 22.3. The monoisotopic (exact) mass is 438 g/mol. The minimum absolute atomic E-state index is 0.0433. The Hall–Kier alpha value is -2.96. The van der Waals surface area contributed by atoms with Gasteiger partial charge in [-0.1, -0.05) is 18.9 Å². The molecule has 2 aliphatic rings. The molecule has 170 valence electrons. The number of nitrogens with one attached hydrogen (secondary N) is 1. The third-order valence-electron chi connectivity index (χ3n) is 6.38. The molecular weight excluding hydrogens is 407 g/mol. The zero-order valence-corrected chi connectivity index (χ0v) is 18.4. The second-order valence-electron chi connectivity index (χ2n) is 8.74. The normalized spacial score (nSPS) is 19.3. The lowest BCUT2D eigenvalue weighted by atomic mass is 9.96.